The van der Waals surface area contributed by atoms with Gasteiger partial charge in [-0.05, 0) is 23.6 Å². The molecule has 4 heteroatoms. The third-order valence-electron chi connectivity index (χ3n) is 3.95. The molecule has 0 saturated heterocycles. The Morgan fingerprint density at radius 2 is 1.50 bits per heavy atom. The molecule has 1 aliphatic rings. The van der Waals surface area contributed by atoms with E-state index in [0.29, 0.717) is 22.5 Å². The number of carbonyl (C=O) groups is 2. The number of anilines is 2. The second-order valence-electron chi connectivity index (χ2n) is 5.21. The fraction of sp³-hybridized carbons (Fsp3) is 0. The number of rotatable bonds is 1. The van der Waals surface area contributed by atoms with Gasteiger partial charge in [0.25, 0.3) is 11.8 Å². The first-order chi connectivity index (χ1) is 10.7. The summed E-state index contributed by atoms with van der Waals surface area (Å²) in [4.78, 5) is 26.6. The second-order valence-corrected chi connectivity index (χ2v) is 5.21. The molecule has 3 aromatic rings. The predicted molar refractivity (Wildman–Crippen MR) is 85.9 cm³/mol. The second kappa shape index (κ2) is 4.43. The fourth-order valence-electron chi connectivity index (χ4n) is 2.93. The molecule has 2 N–H and O–H groups in total. The Bertz CT molecular complexity index is 941. The molecule has 0 spiro atoms. The zero-order valence-corrected chi connectivity index (χ0v) is 11.6. The zero-order valence-electron chi connectivity index (χ0n) is 11.6. The van der Waals surface area contributed by atoms with Crippen LogP contribution in [0.1, 0.15) is 20.7 Å². The van der Waals surface area contributed by atoms with Crippen LogP contribution in [0.4, 0.5) is 11.4 Å². The highest BCUT2D eigenvalue weighted by molar-refractivity contribution is 6.37. The van der Waals surface area contributed by atoms with Crippen LogP contribution in [-0.4, -0.2) is 11.8 Å². The molecule has 4 rings (SSSR count). The molecule has 0 atom stereocenters. The van der Waals surface area contributed by atoms with Gasteiger partial charge in [0.05, 0.1) is 16.8 Å². The van der Waals surface area contributed by atoms with Crippen LogP contribution in [0.3, 0.4) is 0 Å². The van der Waals surface area contributed by atoms with Crippen molar-refractivity contribution in [3.8, 4) is 0 Å². The van der Waals surface area contributed by atoms with Crippen molar-refractivity contribution >= 4 is 34.0 Å². The van der Waals surface area contributed by atoms with Crippen molar-refractivity contribution in [1.29, 1.82) is 0 Å². The van der Waals surface area contributed by atoms with Gasteiger partial charge in [0, 0.05) is 11.1 Å². The average Bonchev–Trinajstić information content (AvgIpc) is 2.79. The van der Waals surface area contributed by atoms with Crippen LogP contribution in [0.2, 0.25) is 0 Å². The highest BCUT2D eigenvalue weighted by Crippen LogP contribution is 2.35. The van der Waals surface area contributed by atoms with Crippen LogP contribution in [0.15, 0.2) is 60.7 Å². The fourth-order valence-corrected chi connectivity index (χ4v) is 2.93. The highest BCUT2D eigenvalue weighted by Gasteiger charge is 2.38. The van der Waals surface area contributed by atoms with Crippen LogP contribution < -0.4 is 10.6 Å². The first-order valence-corrected chi connectivity index (χ1v) is 6.93. The molecular weight excluding hydrogens is 276 g/mol. The molecule has 0 bridgehead atoms. The van der Waals surface area contributed by atoms with Crippen molar-refractivity contribution in [3.63, 3.8) is 0 Å². The third-order valence-corrected chi connectivity index (χ3v) is 3.95. The Labute approximate surface area is 126 Å². The lowest BCUT2D eigenvalue weighted by Crippen LogP contribution is -2.29. The maximum atomic E-state index is 12.7. The Morgan fingerprint density at radius 1 is 0.773 bits per heavy atom. The summed E-state index contributed by atoms with van der Waals surface area (Å²) in [5.74, 6) is -0.696. The van der Waals surface area contributed by atoms with Crippen molar-refractivity contribution in [1.82, 2.24) is 0 Å². The summed E-state index contributed by atoms with van der Waals surface area (Å²) < 4.78 is 0. The van der Waals surface area contributed by atoms with Crippen molar-refractivity contribution in [2.45, 2.75) is 0 Å². The van der Waals surface area contributed by atoms with Gasteiger partial charge in [-0.25, -0.2) is 4.90 Å². The minimum Gasteiger partial charge on any atom is -0.398 e. The third kappa shape index (κ3) is 1.58. The van der Waals surface area contributed by atoms with E-state index in [1.165, 1.54) is 4.90 Å². The summed E-state index contributed by atoms with van der Waals surface area (Å²) in [7, 11) is 0. The molecule has 0 radical (unpaired) electrons. The molecule has 3 aromatic carbocycles. The van der Waals surface area contributed by atoms with Gasteiger partial charge in [-0.1, -0.05) is 42.5 Å². The monoisotopic (exact) mass is 288 g/mol. The lowest BCUT2D eigenvalue weighted by atomic mass is 10.1. The summed E-state index contributed by atoms with van der Waals surface area (Å²) in [6.07, 6.45) is 0. The summed E-state index contributed by atoms with van der Waals surface area (Å²) in [5, 5.41) is 1.84. The van der Waals surface area contributed by atoms with Crippen LogP contribution >= 0.6 is 0 Å². The van der Waals surface area contributed by atoms with Crippen molar-refractivity contribution < 1.29 is 9.59 Å². The number of nitrogens with zero attached hydrogens (tertiary/aromatic N) is 1. The summed E-state index contributed by atoms with van der Waals surface area (Å²) >= 11 is 0. The SMILES string of the molecule is Nc1cccc2c1C(=O)N(c1cccc3ccccc13)C2=O. The van der Waals surface area contributed by atoms with E-state index in [1.807, 2.05) is 36.4 Å². The number of hydrogen-bond acceptors (Lipinski definition) is 3. The summed E-state index contributed by atoms with van der Waals surface area (Å²) in [6, 6.07) is 18.2. The van der Waals surface area contributed by atoms with Gasteiger partial charge in [0.15, 0.2) is 0 Å². The molecule has 0 aliphatic carbocycles. The Balaban J connectivity index is 1.96. The molecule has 1 aliphatic heterocycles. The zero-order chi connectivity index (χ0) is 15.3. The normalized spacial score (nSPS) is 13.7. The first-order valence-electron chi connectivity index (χ1n) is 6.93. The van der Waals surface area contributed by atoms with Crippen molar-refractivity contribution in [2.75, 3.05) is 10.6 Å². The molecular formula is C18H12N2O2. The Kier molecular flexibility index (Phi) is 2.53. The van der Waals surface area contributed by atoms with E-state index in [4.69, 9.17) is 5.73 Å². The lowest BCUT2D eigenvalue weighted by molar-refractivity contribution is 0.0927. The van der Waals surface area contributed by atoms with Crippen molar-refractivity contribution in [3.05, 3.63) is 71.8 Å². The van der Waals surface area contributed by atoms with Gasteiger partial charge in [-0.2, -0.15) is 0 Å². The van der Waals surface area contributed by atoms with Crippen molar-refractivity contribution in [2.24, 2.45) is 0 Å². The maximum Gasteiger partial charge on any atom is 0.268 e. The minimum atomic E-state index is -0.366. The Hall–Kier alpha value is -3.14. The molecule has 22 heavy (non-hydrogen) atoms. The van der Waals surface area contributed by atoms with E-state index in [9.17, 15) is 9.59 Å². The largest absolute Gasteiger partial charge is 0.398 e. The molecule has 0 aromatic heterocycles. The molecule has 106 valence electrons. The smallest absolute Gasteiger partial charge is 0.268 e. The van der Waals surface area contributed by atoms with Gasteiger partial charge in [0.2, 0.25) is 0 Å². The van der Waals surface area contributed by atoms with E-state index >= 15 is 0 Å². The van der Waals surface area contributed by atoms with Gasteiger partial charge in [-0.15, -0.1) is 0 Å². The number of amides is 2. The van der Waals surface area contributed by atoms with Gasteiger partial charge in [-0.3, -0.25) is 9.59 Å². The molecule has 0 fully saturated rings. The number of carbonyl (C=O) groups excluding carboxylic acids is 2. The first kappa shape index (κ1) is 12.6. The molecule has 4 nitrogen and oxygen atoms in total. The minimum absolute atomic E-state index is 0.292. The quantitative estimate of drug-likeness (QED) is 0.552. The van der Waals surface area contributed by atoms with Crippen LogP contribution in [-0.2, 0) is 0 Å². The average molecular weight is 288 g/mol. The summed E-state index contributed by atoms with van der Waals surface area (Å²) in [6.45, 7) is 0. The topological polar surface area (TPSA) is 63.4 Å². The van der Waals surface area contributed by atoms with Crippen LogP contribution in [0.5, 0.6) is 0 Å². The number of fused-ring (bicyclic) bond motifs is 2. The van der Waals surface area contributed by atoms with E-state index in [0.717, 1.165) is 10.8 Å². The van der Waals surface area contributed by atoms with Gasteiger partial charge >= 0.3 is 0 Å². The van der Waals surface area contributed by atoms with Gasteiger partial charge < -0.3 is 5.73 Å². The molecule has 2 amide bonds. The molecule has 0 saturated carbocycles. The molecule has 0 unspecified atom stereocenters. The number of imide groups is 1. The number of hydrogen-bond donors (Lipinski definition) is 1. The van der Waals surface area contributed by atoms with E-state index in [-0.39, 0.29) is 11.8 Å². The number of benzene rings is 3. The lowest BCUT2D eigenvalue weighted by Gasteiger charge is -2.16. The molecule has 1 heterocycles. The maximum absolute atomic E-state index is 12.7. The van der Waals surface area contributed by atoms with E-state index in [1.54, 1.807) is 24.3 Å². The van der Waals surface area contributed by atoms with Crippen LogP contribution in [0.25, 0.3) is 10.8 Å². The number of nitrogen functional groups attached to an aromatic ring is 1. The predicted octanol–water partition coefficient (Wildman–Crippen LogP) is 3.22. The summed E-state index contributed by atoms with van der Waals surface area (Å²) in [5.41, 5.74) is 7.45. The standard InChI is InChI=1S/C18H12N2O2/c19-14-9-4-8-13-16(14)18(22)20(17(13)21)15-10-3-6-11-5-1-2-7-12(11)15/h1-10H,19H2. The van der Waals surface area contributed by atoms with E-state index < -0.39 is 0 Å². The van der Waals surface area contributed by atoms with E-state index in [2.05, 4.69) is 0 Å². The number of nitrogens with two attached hydrogens (primary N) is 1. The van der Waals surface area contributed by atoms with Gasteiger partial charge in [0.1, 0.15) is 0 Å². The van der Waals surface area contributed by atoms with Crippen LogP contribution in [0, 0.1) is 0 Å². The highest BCUT2D eigenvalue weighted by atomic mass is 16.2. The Morgan fingerprint density at radius 3 is 2.32 bits per heavy atom.